The summed E-state index contributed by atoms with van der Waals surface area (Å²) < 4.78 is 11.6. The van der Waals surface area contributed by atoms with Crippen LogP contribution in [0.15, 0.2) is 12.2 Å². The summed E-state index contributed by atoms with van der Waals surface area (Å²) in [5, 5.41) is 0. The monoisotopic (exact) mass is 363 g/mol. The maximum atomic E-state index is 13.2. The van der Waals surface area contributed by atoms with E-state index in [9.17, 15) is 9.59 Å². The maximum absolute atomic E-state index is 13.2. The van der Waals surface area contributed by atoms with Gasteiger partial charge in [-0.25, -0.2) is 0 Å². The van der Waals surface area contributed by atoms with Gasteiger partial charge in [0.15, 0.2) is 0 Å². The molecule has 4 aliphatic heterocycles. The average Bonchev–Trinajstić information content (AvgIpc) is 3.30. The van der Waals surface area contributed by atoms with E-state index in [4.69, 9.17) is 9.47 Å². The summed E-state index contributed by atoms with van der Waals surface area (Å²) in [6.07, 6.45) is 3.75. The van der Waals surface area contributed by atoms with Crippen molar-refractivity contribution < 1.29 is 19.1 Å². The highest BCUT2D eigenvalue weighted by Gasteiger charge is 2.67. The van der Waals surface area contributed by atoms with Crippen LogP contribution < -0.4 is 0 Å². The molecule has 0 N–H and O–H groups in total. The lowest BCUT2D eigenvalue weighted by Crippen LogP contribution is -2.53. The highest BCUT2D eigenvalue weighted by molar-refractivity contribution is 5.93. The van der Waals surface area contributed by atoms with Crippen LogP contribution in [0.25, 0.3) is 0 Å². The predicted molar refractivity (Wildman–Crippen MR) is 95.5 cm³/mol. The molecule has 0 radical (unpaired) electrons. The Morgan fingerprint density at radius 1 is 1.31 bits per heavy atom. The van der Waals surface area contributed by atoms with Gasteiger partial charge in [0.25, 0.3) is 0 Å². The minimum absolute atomic E-state index is 0.0436. The minimum Gasteiger partial charge on any atom is -0.380 e. The molecule has 144 valence electrons. The molecule has 0 aromatic heterocycles. The number of likely N-dealkylation sites (N-methyl/N-ethyl adjacent to an activating group) is 1. The van der Waals surface area contributed by atoms with E-state index in [1.165, 1.54) is 0 Å². The SMILES string of the molecule is CCOCCN1C[C@]23C=C[C@H](O2)[C@@H](C(=O)N2CCN(CC)CC2)[C@H]3C1=O. The molecule has 4 aliphatic rings. The van der Waals surface area contributed by atoms with Crippen molar-refractivity contribution in [2.45, 2.75) is 25.6 Å². The number of amides is 2. The Labute approximate surface area is 154 Å². The molecular weight excluding hydrogens is 334 g/mol. The molecule has 2 bridgehead atoms. The summed E-state index contributed by atoms with van der Waals surface area (Å²) in [5.41, 5.74) is -0.612. The highest BCUT2D eigenvalue weighted by Crippen LogP contribution is 2.52. The van der Waals surface area contributed by atoms with Crippen molar-refractivity contribution in [2.24, 2.45) is 11.8 Å². The zero-order chi connectivity index (χ0) is 18.3. The first-order valence-electron chi connectivity index (χ1n) is 9.84. The van der Waals surface area contributed by atoms with Gasteiger partial charge in [-0.2, -0.15) is 0 Å². The molecule has 0 aliphatic carbocycles. The topological polar surface area (TPSA) is 62.3 Å². The fraction of sp³-hybridized carbons (Fsp3) is 0.789. The molecular formula is C19H29N3O4. The van der Waals surface area contributed by atoms with Gasteiger partial charge in [0.05, 0.1) is 31.1 Å². The van der Waals surface area contributed by atoms with Gasteiger partial charge in [-0.3, -0.25) is 9.59 Å². The van der Waals surface area contributed by atoms with Crippen LogP contribution in [-0.4, -0.2) is 97.2 Å². The zero-order valence-electron chi connectivity index (χ0n) is 15.7. The minimum atomic E-state index is -0.612. The number of likely N-dealkylation sites (tertiary alicyclic amines) is 1. The Bertz CT molecular complexity index is 602. The zero-order valence-corrected chi connectivity index (χ0v) is 15.7. The molecule has 0 unspecified atom stereocenters. The fourth-order valence-corrected chi connectivity index (χ4v) is 4.86. The van der Waals surface area contributed by atoms with E-state index >= 15 is 0 Å². The molecule has 0 aromatic carbocycles. The summed E-state index contributed by atoms with van der Waals surface area (Å²) in [7, 11) is 0. The van der Waals surface area contributed by atoms with Crippen LogP contribution >= 0.6 is 0 Å². The molecule has 0 aromatic rings. The van der Waals surface area contributed by atoms with Gasteiger partial charge in [0.1, 0.15) is 5.60 Å². The smallest absolute Gasteiger partial charge is 0.230 e. The second kappa shape index (κ2) is 6.94. The van der Waals surface area contributed by atoms with Crippen LogP contribution in [0.1, 0.15) is 13.8 Å². The summed E-state index contributed by atoms with van der Waals surface area (Å²) in [4.78, 5) is 32.4. The standard InChI is InChI=1S/C19H29N3O4/c1-3-20-7-9-21(10-8-20)17(23)15-14-5-6-19(26-14)13-22(11-12-25-4-2)18(24)16(15)19/h5-6,14-16H,3-4,7-13H2,1-2H3/t14-,15+,16-,19-/m0/s1. The van der Waals surface area contributed by atoms with Gasteiger partial charge < -0.3 is 24.2 Å². The third-order valence-corrected chi connectivity index (χ3v) is 6.30. The molecule has 3 fully saturated rings. The van der Waals surface area contributed by atoms with Crippen molar-refractivity contribution in [3.8, 4) is 0 Å². The molecule has 0 saturated carbocycles. The first kappa shape index (κ1) is 17.9. The fourth-order valence-electron chi connectivity index (χ4n) is 4.86. The molecule has 3 saturated heterocycles. The molecule has 4 rings (SSSR count). The molecule has 26 heavy (non-hydrogen) atoms. The van der Waals surface area contributed by atoms with Gasteiger partial charge in [-0.15, -0.1) is 0 Å². The molecule has 1 spiro atoms. The van der Waals surface area contributed by atoms with Gasteiger partial charge in [0.2, 0.25) is 11.8 Å². The Morgan fingerprint density at radius 2 is 2.08 bits per heavy atom. The molecule has 4 heterocycles. The Kier molecular flexibility index (Phi) is 4.79. The first-order valence-corrected chi connectivity index (χ1v) is 9.84. The summed E-state index contributed by atoms with van der Waals surface area (Å²) in [6.45, 7) is 10.6. The van der Waals surface area contributed by atoms with Crippen molar-refractivity contribution in [3.05, 3.63) is 12.2 Å². The van der Waals surface area contributed by atoms with E-state index in [0.29, 0.717) is 26.3 Å². The number of carbonyl (C=O) groups excluding carboxylic acids is 2. The normalized spacial score (nSPS) is 36.2. The predicted octanol–water partition coefficient (Wildman–Crippen LogP) is -0.0310. The number of carbonyl (C=O) groups is 2. The van der Waals surface area contributed by atoms with E-state index < -0.39 is 5.60 Å². The Balaban J connectivity index is 1.47. The van der Waals surface area contributed by atoms with Crippen LogP contribution in [0.5, 0.6) is 0 Å². The Hall–Kier alpha value is -1.44. The Morgan fingerprint density at radius 3 is 2.77 bits per heavy atom. The van der Waals surface area contributed by atoms with Crippen molar-refractivity contribution in [1.82, 2.24) is 14.7 Å². The third kappa shape index (κ3) is 2.77. The number of rotatable bonds is 6. The number of hydrogen-bond acceptors (Lipinski definition) is 5. The maximum Gasteiger partial charge on any atom is 0.230 e. The van der Waals surface area contributed by atoms with Crippen LogP contribution in [0.3, 0.4) is 0 Å². The van der Waals surface area contributed by atoms with E-state index in [2.05, 4.69) is 11.8 Å². The summed E-state index contributed by atoms with van der Waals surface area (Å²) in [6, 6.07) is 0. The molecule has 7 heteroatoms. The van der Waals surface area contributed by atoms with Crippen LogP contribution in [0, 0.1) is 11.8 Å². The van der Waals surface area contributed by atoms with E-state index in [-0.39, 0.29) is 29.8 Å². The number of piperazine rings is 1. The summed E-state index contributed by atoms with van der Waals surface area (Å²) in [5.74, 6) is -0.627. The van der Waals surface area contributed by atoms with E-state index in [0.717, 1.165) is 32.7 Å². The number of fused-ring (bicyclic) bond motifs is 1. The average molecular weight is 363 g/mol. The largest absolute Gasteiger partial charge is 0.380 e. The second-order valence-electron chi connectivity index (χ2n) is 7.62. The molecule has 7 nitrogen and oxygen atoms in total. The molecule has 4 atom stereocenters. The lowest BCUT2D eigenvalue weighted by Gasteiger charge is -2.37. The van der Waals surface area contributed by atoms with Gasteiger partial charge in [0, 0.05) is 39.3 Å². The number of ether oxygens (including phenoxy) is 2. The quantitative estimate of drug-likeness (QED) is 0.490. The van der Waals surface area contributed by atoms with Gasteiger partial charge in [-0.1, -0.05) is 19.1 Å². The lowest BCUT2D eigenvalue weighted by molar-refractivity contribution is -0.144. The number of nitrogens with zero attached hydrogens (tertiary/aromatic N) is 3. The van der Waals surface area contributed by atoms with Gasteiger partial charge in [-0.05, 0) is 13.5 Å². The van der Waals surface area contributed by atoms with Crippen LogP contribution in [-0.2, 0) is 19.1 Å². The van der Waals surface area contributed by atoms with Crippen molar-refractivity contribution >= 4 is 11.8 Å². The molecule has 2 amide bonds. The van der Waals surface area contributed by atoms with E-state index in [1.54, 1.807) is 0 Å². The van der Waals surface area contributed by atoms with Crippen LogP contribution in [0.2, 0.25) is 0 Å². The lowest BCUT2D eigenvalue weighted by atomic mass is 9.76. The summed E-state index contributed by atoms with van der Waals surface area (Å²) >= 11 is 0. The van der Waals surface area contributed by atoms with Crippen molar-refractivity contribution in [2.75, 3.05) is 59.0 Å². The highest BCUT2D eigenvalue weighted by atomic mass is 16.5. The van der Waals surface area contributed by atoms with Gasteiger partial charge >= 0.3 is 0 Å². The second-order valence-corrected chi connectivity index (χ2v) is 7.62. The van der Waals surface area contributed by atoms with E-state index in [1.807, 2.05) is 28.9 Å². The first-order chi connectivity index (χ1) is 12.6. The van der Waals surface area contributed by atoms with Crippen molar-refractivity contribution in [3.63, 3.8) is 0 Å². The van der Waals surface area contributed by atoms with Crippen molar-refractivity contribution in [1.29, 1.82) is 0 Å². The number of hydrogen-bond donors (Lipinski definition) is 0. The van der Waals surface area contributed by atoms with Crippen LogP contribution in [0.4, 0.5) is 0 Å². The third-order valence-electron chi connectivity index (χ3n) is 6.30.